The normalized spacial score (nSPS) is 10.3. The Labute approximate surface area is 107 Å². The van der Waals surface area contributed by atoms with Gasteiger partial charge in [-0.05, 0) is 25.1 Å². The van der Waals surface area contributed by atoms with Crippen LogP contribution in [0.25, 0.3) is 0 Å². The highest BCUT2D eigenvalue weighted by molar-refractivity contribution is 7.09. The molecule has 4 nitrogen and oxygen atoms in total. The summed E-state index contributed by atoms with van der Waals surface area (Å²) in [5, 5.41) is 14.8. The van der Waals surface area contributed by atoms with E-state index in [1.807, 2.05) is 12.3 Å². The lowest BCUT2D eigenvalue weighted by molar-refractivity contribution is 0.0697. The number of aryl methyl sites for hydroxylation is 1. The fraction of sp³-hybridized carbons (Fsp3) is 0.167. The van der Waals surface area contributed by atoms with E-state index in [4.69, 9.17) is 5.11 Å². The van der Waals surface area contributed by atoms with Crippen LogP contribution in [0, 0.1) is 12.7 Å². The molecule has 0 aliphatic rings. The van der Waals surface area contributed by atoms with Gasteiger partial charge in [0.05, 0.1) is 22.8 Å². The van der Waals surface area contributed by atoms with Crippen LogP contribution in [0.2, 0.25) is 0 Å². The fourth-order valence-electron chi connectivity index (χ4n) is 1.52. The maximum atomic E-state index is 13.0. The molecule has 0 unspecified atom stereocenters. The molecule has 94 valence electrons. The number of thiazole rings is 1. The van der Waals surface area contributed by atoms with Gasteiger partial charge in [0, 0.05) is 11.1 Å². The summed E-state index contributed by atoms with van der Waals surface area (Å²) in [5.41, 5.74) is 1.13. The smallest absolute Gasteiger partial charge is 0.337 e. The number of hydrogen-bond donors (Lipinski definition) is 2. The van der Waals surface area contributed by atoms with Crippen LogP contribution in [-0.4, -0.2) is 16.1 Å². The third kappa shape index (κ3) is 2.84. The monoisotopic (exact) mass is 266 g/mol. The average Bonchev–Trinajstić information content (AvgIpc) is 2.73. The molecular weight excluding hydrogens is 255 g/mol. The van der Waals surface area contributed by atoms with Crippen molar-refractivity contribution in [2.75, 3.05) is 5.32 Å². The molecule has 0 atom stereocenters. The quantitative estimate of drug-likeness (QED) is 0.893. The van der Waals surface area contributed by atoms with Gasteiger partial charge in [-0.2, -0.15) is 0 Å². The summed E-state index contributed by atoms with van der Waals surface area (Å²) in [6.45, 7) is 2.31. The molecule has 18 heavy (non-hydrogen) atoms. The predicted molar refractivity (Wildman–Crippen MR) is 67.5 cm³/mol. The fourth-order valence-corrected chi connectivity index (χ4v) is 2.14. The molecule has 1 aromatic heterocycles. The van der Waals surface area contributed by atoms with Gasteiger partial charge in [0.15, 0.2) is 0 Å². The number of carboxylic acid groups (broad SMARTS) is 1. The van der Waals surface area contributed by atoms with Crippen molar-refractivity contribution < 1.29 is 14.3 Å². The van der Waals surface area contributed by atoms with E-state index in [0.29, 0.717) is 12.2 Å². The van der Waals surface area contributed by atoms with Gasteiger partial charge in [-0.25, -0.2) is 14.2 Å². The number of carbonyl (C=O) groups is 1. The van der Waals surface area contributed by atoms with E-state index < -0.39 is 11.8 Å². The van der Waals surface area contributed by atoms with E-state index >= 15 is 0 Å². The molecule has 2 aromatic rings. The first kappa shape index (κ1) is 12.5. The SMILES string of the molecule is Cc1nc(CNc2ccc(F)cc2C(=O)O)cs1. The summed E-state index contributed by atoms with van der Waals surface area (Å²) in [6, 6.07) is 3.63. The highest BCUT2D eigenvalue weighted by atomic mass is 32.1. The van der Waals surface area contributed by atoms with Crippen LogP contribution in [0.5, 0.6) is 0 Å². The largest absolute Gasteiger partial charge is 0.478 e. The highest BCUT2D eigenvalue weighted by Gasteiger charge is 2.11. The molecule has 2 rings (SSSR count). The van der Waals surface area contributed by atoms with Crippen molar-refractivity contribution in [2.24, 2.45) is 0 Å². The molecule has 0 radical (unpaired) electrons. The minimum Gasteiger partial charge on any atom is -0.478 e. The molecule has 0 bridgehead atoms. The topological polar surface area (TPSA) is 62.2 Å². The van der Waals surface area contributed by atoms with Crippen LogP contribution in [0.15, 0.2) is 23.6 Å². The second-order valence-corrected chi connectivity index (χ2v) is 4.77. The van der Waals surface area contributed by atoms with E-state index in [0.717, 1.165) is 16.8 Å². The summed E-state index contributed by atoms with van der Waals surface area (Å²) in [4.78, 5) is 15.2. The number of hydrogen-bond acceptors (Lipinski definition) is 4. The van der Waals surface area contributed by atoms with Crippen LogP contribution < -0.4 is 5.32 Å². The van der Waals surface area contributed by atoms with E-state index in [2.05, 4.69) is 10.3 Å². The van der Waals surface area contributed by atoms with E-state index in [1.165, 1.54) is 23.5 Å². The molecule has 0 saturated carbocycles. The Morgan fingerprint density at radius 2 is 2.33 bits per heavy atom. The maximum Gasteiger partial charge on any atom is 0.337 e. The zero-order valence-corrected chi connectivity index (χ0v) is 10.4. The Bertz CT molecular complexity index is 583. The maximum absolute atomic E-state index is 13.0. The van der Waals surface area contributed by atoms with Gasteiger partial charge in [0.25, 0.3) is 0 Å². The first-order valence-corrected chi connectivity index (χ1v) is 6.12. The molecule has 1 heterocycles. The number of benzene rings is 1. The molecule has 2 N–H and O–H groups in total. The summed E-state index contributed by atoms with van der Waals surface area (Å²) < 4.78 is 13.0. The molecule has 0 aliphatic carbocycles. The Morgan fingerprint density at radius 1 is 1.56 bits per heavy atom. The van der Waals surface area contributed by atoms with Crippen molar-refractivity contribution in [3.8, 4) is 0 Å². The lowest BCUT2D eigenvalue weighted by Gasteiger charge is -2.08. The molecule has 0 aliphatic heterocycles. The predicted octanol–water partition coefficient (Wildman–Crippen LogP) is 2.90. The summed E-state index contributed by atoms with van der Waals surface area (Å²) in [5.74, 6) is -1.73. The van der Waals surface area contributed by atoms with Gasteiger partial charge < -0.3 is 10.4 Å². The number of aromatic nitrogens is 1. The number of carboxylic acids is 1. The standard InChI is InChI=1S/C12H11FN2O2S/c1-7-15-9(6-18-7)5-14-11-3-2-8(13)4-10(11)12(16)17/h2-4,6,14H,5H2,1H3,(H,16,17). The number of halogens is 1. The van der Waals surface area contributed by atoms with Crippen molar-refractivity contribution in [1.82, 2.24) is 4.98 Å². The summed E-state index contributed by atoms with van der Waals surface area (Å²) in [7, 11) is 0. The minimum atomic E-state index is -1.16. The molecule has 0 fully saturated rings. The number of nitrogens with one attached hydrogen (secondary N) is 1. The summed E-state index contributed by atoms with van der Waals surface area (Å²) >= 11 is 1.53. The minimum absolute atomic E-state index is 0.0815. The first-order chi connectivity index (χ1) is 8.56. The van der Waals surface area contributed by atoms with Gasteiger partial charge in [0.2, 0.25) is 0 Å². The zero-order valence-electron chi connectivity index (χ0n) is 9.61. The lowest BCUT2D eigenvalue weighted by Crippen LogP contribution is -2.07. The third-order valence-electron chi connectivity index (χ3n) is 2.34. The third-order valence-corrected chi connectivity index (χ3v) is 3.16. The Morgan fingerprint density at radius 3 is 2.94 bits per heavy atom. The highest BCUT2D eigenvalue weighted by Crippen LogP contribution is 2.18. The van der Waals surface area contributed by atoms with Gasteiger partial charge >= 0.3 is 5.97 Å². The second kappa shape index (κ2) is 5.14. The number of nitrogens with zero attached hydrogens (tertiary/aromatic N) is 1. The Hall–Kier alpha value is -1.95. The first-order valence-electron chi connectivity index (χ1n) is 5.24. The molecule has 0 spiro atoms. The Kier molecular flexibility index (Phi) is 3.57. The Balaban J connectivity index is 2.16. The van der Waals surface area contributed by atoms with Crippen molar-refractivity contribution in [3.05, 3.63) is 45.7 Å². The van der Waals surface area contributed by atoms with E-state index in [9.17, 15) is 9.18 Å². The van der Waals surface area contributed by atoms with Crippen LogP contribution >= 0.6 is 11.3 Å². The average molecular weight is 266 g/mol. The molecular formula is C12H11FN2O2S. The van der Waals surface area contributed by atoms with Crippen LogP contribution in [0.4, 0.5) is 10.1 Å². The summed E-state index contributed by atoms with van der Waals surface area (Å²) in [6.07, 6.45) is 0. The lowest BCUT2D eigenvalue weighted by atomic mass is 10.1. The van der Waals surface area contributed by atoms with E-state index in [-0.39, 0.29) is 5.56 Å². The number of anilines is 1. The van der Waals surface area contributed by atoms with Crippen LogP contribution in [0.1, 0.15) is 21.1 Å². The van der Waals surface area contributed by atoms with Crippen LogP contribution in [0.3, 0.4) is 0 Å². The van der Waals surface area contributed by atoms with Gasteiger partial charge in [-0.3, -0.25) is 0 Å². The number of aromatic carboxylic acids is 1. The van der Waals surface area contributed by atoms with Crippen molar-refractivity contribution in [3.63, 3.8) is 0 Å². The number of rotatable bonds is 4. The van der Waals surface area contributed by atoms with Crippen molar-refractivity contribution >= 4 is 23.0 Å². The molecule has 0 saturated heterocycles. The molecule has 0 amide bonds. The van der Waals surface area contributed by atoms with E-state index in [1.54, 1.807) is 0 Å². The van der Waals surface area contributed by atoms with Gasteiger partial charge in [-0.15, -0.1) is 11.3 Å². The second-order valence-electron chi connectivity index (χ2n) is 3.71. The molecule has 1 aromatic carbocycles. The van der Waals surface area contributed by atoms with Crippen molar-refractivity contribution in [1.29, 1.82) is 0 Å². The van der Waals surface area contributed by atoms with Gasteiger partial charge in [-0.1, -0.05) is 0 Å². The van der Waals surface area contributed by atoms with Crippen molar-refractivity contribution in [2.45, 2.75) is 13.5 Å². The molecule has 6 heteroatoms. The van der Waals surface area contributed by atoms with Gasteiger partial charge in [0.1, 0.15) is 5.82 Å². The zero-order chi connectivity index (χ0) is 13.1. The van der Waals surface area contributed by atoms with Crippen LogP contribution in [-0.2, 0) is 6.54 Å².